The molecule has 1 aromatic rings. The lowest BCUT2D eigenvalue weighted by Crippen LogP contribution is -1.82. The van der Waals surface area contributed by atoms with E-state index in [4.69, 9.17) is 23.2 Å². The predicted octanol–water partition coefficient (Wildman–Crippen LogP) is 3.99. The van der Waals surface area contributed by atoms with Gasteiger partial charge in [-0.05, 0) is 11.6 Å². The Morgan fingerprint density at radius 1 is 1.44 bits per heavy atom. The zero-order valence-electron chi connectivity index (χ0n) is 8.54. The van der Waals surface area contributed by atoms with Crippen molar-refractivity contribution in [2.24, 2.45) is 0 Å². The lowest BCUT2D eigenvalue weighted by Gasteiger charge is -2.01. The summed E-state index contributed by atoms with van der Waals surface area (Å²) in [5.41, 5.74) is 0.716. The molecule has 0 unspecified atom stereocenters. The molecule has 2 nitrogen and oxygen atoms in total. The fraction of sp³-hybridized carbons (Fsp3) is 0.182. The largest absolute Gasteiger partial charge is 0.506 e. The Labute approximate surface area is 108 Å². The van der Waals surface area contributed by atoms with Crippen LogP contribution in [0.3, 0.4) is 0 Å². The van der Waals surface area contributed by atoms with E-state index in [1.165, 1.54) is 24.8 Å². The maximum absolute atomic E-state index is 10.7. The summed E-state index contributed by atoms with van der Waals surface area (Å²) in [7, 11) is 0. The minimum absolute atomic E-state index is 0.0399. The van der Waals surface area contributed by atoms with Crippen molar-refractivity contribution in [3.05, 3.63) is 33.8 Å². The maximum Gasteiger partial charge on any atom is 0.186 e. The highest BCUT2D eigenvalue weighted by atomic mass is 35.5. The number of aromatic hydroxyl groups is 1. The molecular formula is C11H10Cl2O2S. The summed E-state index contributed by atoms with van der Waals surface area (Å²) in [5.74, 6) is 0.548. The van der Waals surface area contributed by atoms with Crippen LogP contribution in [0.15, 0.2) is 18.2 Å². The summed E-state index contributed by atoms with van der Waals surface area (Å²) in [6.07, 6.45) is 3.59. The van der Waals surface area contributed by atoms with Gasteiger partial charge in [-0.15, -0.1) is 0 Å². The van der Waals surface area contributed by atoms with E-state index in [-0.39, 0.29) is 15.9 Å². The number of phenolic OH excluding ortho intramolecular Hbond substituents is 1. The van der Waals surface area contributed by atoms with Gasteiger partial charge in [-0.1, -0.05) is 47.1 Å². The monoisotopic (exact) mass is 276 g/mol. The van der Waals surface area contributed by atoms with E-state index in [0.29, 0.717) is 16.3 Å². The van der Waals surface area contributed by atoms with Crippen molar-refractivity contribution in [1.29, 1.82) is 0 Å². The third kappa shape index (κ3) is 4.08. The highest BCUT2D eigenvalue weighted by Crippen LogP contribution is 2.30. The number of phenols is 1. The Kier molecular flexibility index (Phi) is 5.19. The topological polar surface area (TPSA) is 37.3 Å². The molecule has 0 aliphatic carbocycles. The predicted molar refractivity (Wildman–Crippen MR) is 70.3 cm³/mol. The molecule has 0 saturated carbocycles. The zero-order valence-corrected chi connectivity index (χ0v) is 10.9. The molecule has 1 aromatic carbocycles. The molecule has 0 atom stereocenters. The van der Waals surface area contributed by atoms with Gasteiger partial charge >= 0.3 is 0 Å². The molecule has 0 aliphatic rings. The number of carbonyl (C=O) groups is 1. The number of carbonyl (C=O) groups excluding carboxylic acids is 1. The molecule has 0 saturated heterocycles. The van der Waals surface area contributed by atoms with E-state index in [0.717, 1.165) is 0 Å². The third-order valence-electron chi connectivity index (χ3n) is 1.75. The lowest BCUT2D eigenvalue weighted by molar-refractivity contribution is -0.109. The second-order valence-electron chi connectivity index (χ2n) is 3.03. The van der Waals surface area contributed by atoms with E-state index in [2.05, 4.69) is 0 Å². The van der Waals surface area contributed by atoms with Gasteiger partial charge in [0.2, 0.25) is 0 Å². The van der Waals surface area contributed by atoms with E-state index in [1.54, 1.807) is 12.1 Å². The summed E-state index contributed by atoms with van der Waals surface area (Å²) in [6, 6.07) is 2.97. The van der Waals surface area contributed by atoms with Crippen molar-refractivity contribution in [1.82, 2.24) is 0 Å². The SMILES string of the molecule is CC(=O)SCC=Cc1cc(Cl)c(O)cc1Cl. The van der Waals surface area contributed by atoms with Crippen LogP contribution in [0, 0.1) is 0 Å². The summed E-state index contributed by atoms with van der Waals surface area (Å²) in [6.45, 7) is 1.52. The first-order valence-electron chi connectivity index (χ1n) is 4.48. The van der Waals surface area contributed by atoms with E-state index < -0.39 is 0 Å². The van der Waals surface area contributed by atoms with Gasteiger partial charge in [-0.3, -0.25) is 4.79 Å². The molecule has 86 valence electrons. The number of rotatable bonds is 3. The van der Waals surface area contributed by atoms with Gasteiger partial charge in [0.05, 0.1) is 10.0 Å². The Morgan fingerprint density at radius 3 is 2.75 bits per heavy atom. The number of hydrogen-bond acceptors (Lipinski definition) is 3. The third-order valence-corrected chi connectivity index (χ3v) is 3.14. The Bertz CT molecular complexity index is 430. The fourth-order valence-electron chi connectivity index (χ4n) is 1.02. The quantitative estimate of drug-likeness (QED) is 0.907. The molecule has 0 aromatic heterocycles. The number of halogens is 2. The molecule has 0 spiro atoms. The molecule has 0 aliphatic heterocycles. The van der Waals surface area contributed by atoms with Gasteiger partial charge in [-0.25, -0.2) is 0 Å². The molecule has 16 heavy (non-hydrogen) atoms. The van der Waals surface area contributed by atoms with Crippen molar-refractivity contribution in [2.45, 2.75) is 6.92 Å². The summed E-state index contributed by atoms with van der Waals surface area (Å²) in [4.78, 5) is 10.7. The molecule has 0 amide bonds. The van der Waals surface area contributed by atoms with Crippen molar-refractivity contribution >= 4 is 46.2 Å². The van der Waals surface area contributed by atoms with Gasteiger partial charge in [0.25, 0.3) is 0 Å². The van der Waals surface area contributed by atoms with Crippen LogP contribution in [-0.2, 0) is 4.79 Å². The van der Waals surface area contributed by atoms with E-state index in [9.17, 15) is 9.90 Å². The Balaban J connectivity index is 2.73. The molecular weight excluding hydrogens is 267 g/mol. The maximum atomic E-state index is 10.7. The van der Waals surface area contributed by atoms with Gasteiger partial charge < -0.3 is 5.11 Å². The van der Waals surface area contributed by atoms with Gasteiger partial charge in [0, 0.05) is 18.7 Å². The van der Waals surface area contributed by atoms with Crippen molar-refractivity contribution in [3.63, 3.8) is 0 Å². The Morgan fingerprint density at radius 2 is 2.12 bits per heavy atom. The zero-order chi connectivity index (χ0) is 12.1. The molecule has 0 fully saturated rings. The van der Waals surface area contributed by atoms with Crippen LogP contribution in [0.1, 0.15) is 12.5 Å². The first kappa shape index (κ1) is 13.4. The minimum atomic E-state index is -0.0399. The minimum Gasteiger partial charge on any atom is -0.506 e. The molecule has 0 bridgehead atoms. The highest BCUT2D eigenvalue weighted by molar-refractivity contribution is 8.13. The van der Waals surface area contributed by atoms with Crippen LogP contribution in [0.25, 0.3) is 6.08 Å². The molecule has 0 radical (unpaired) electrons. The average molecular weight is 277 g/mol. The molecule has 0 heterocycles. The van der Waals surface area contributed by atoms with Crippen LogP contribution in [0.2, 0.25) is 10.0 Å². The fourth-order valence-corrected chi connectivity index (χ4v) is 1.84. The second-order valence-corrected chi connectivity index (χ2v) is 5.04. The van der Waals surface area contributed by atoms with Crippen molar-refractivity contribution in [3.8, 4) is 5.75 Å². The molecule has 5 heteroatoms. The van der Waals surface area contributed by atoms with Gasteiger partial charge in [0.15, 0.2) is 5.12 Å². The van der Waals surface area contributed by atoms with Crippen LogP contribution in [0.5, 0.6) is 5.75 Å². The summed E-state index contributed by atoms with van der Waals surface area (Å²) >= 11 is 12.9. The highest BCUT2D eigenvalue weighted by Gasteiger charge is 2.03. The summed E-state index contributed by atoms with van der Waals surface area (Å²) in [5, 5.41) is 10.0. The van der Waals surface area contributed by atoms with E-state index in [1.807, 2.05) is 6.08 Å². The number of thioether (sulfide) groups is 1. The molecule has 1 N–H and O–H groups in total. The average Bonchev–Trinajstić information content (AvgIpc) is 2.19. The van der Waals surface area contributed by atoms with Crippen LogP contribution >= 0.6 is 35.0 Å². The van der Waals surface area contributed by atoms with Gasteiger partial charge in [-0.2, -0.15) is 0 Å². The summed E-state index contributed by atoms with van der Waals surface area (Å²) < 4.78 is 0. The van der Waals surface area contributed by atoms with Crippen LogP contribution < -0.4 is 0 Å². The number of hydrogen-bond donors (Lipinski definition) is 1. The van der Waals surface area contributed by atoms with Crippen LogP contribution in [-0.4, -0.2) is 16.0 Å². The standard InChI is InChI=1S/C11H10Cl2O2S/c1-7(14)16-4-2-3-8-5-10(13)11(15)6-9(8)12/h2-3,5-6,15H,4H2,1H3. The number of benzene rings is 1. The first-order valence-corrected chi connectivity index (χ1v) is 6.22. The van der Waals surface area contributed by atoms with Gasteiger partial charge in [0.1, 0.15) is 5.75 Å². The lowest BCUT2D eigenvalue weighted by atomic mass is 10.2. The van der Waals surface area contributed by atoms with Crippen LogP contribution in [0.4, 0.5) is 0 Å². The first-order chi connectivity index (χ1) is 7.50. The Hall–Kier alpha value is -0.640. The van der Waals surface area contributed by atoms with Crippen molar-refractivity contribution in [2.75, 3.05) is 5.75 Å². The smallest absolute Gasteiger partial charge is 0.186 e. The normalized spacial score (nSPS) is 10.9. The van der Waals surface area contributed by atoms with Crippen molar-refractivity contribution < 1.29 is 9.90 Å². The van der Waals surface area contributed by atoms with E-state index >= 15 is 0 Å². The second kappa shape index (κ2) is 6.18. The molecule has 1 rings (SSSR count).